The van der Waals surface area contributed by atoms with Crippen molar-refractivity contribution in [1.82, 2.24) is 0 Å². The van der Waals surface area contributed by atoms with Crippen LogP contribution in [0.3, 0.4) is 0 Å². The highest BCUT2D eigenvalue weighted by Gasteiger charge is 2.20. The van der Waals surface area contributed by atoms with E-state index in [2.05, 4.69) is 26.0 Å². The minimum atomic E-state index is -0.594. The summed E-state index contributed by atoms with van der Waals surface area (Å²) in [6.07, 6.45) is -0.594. The number of aliphatic hydroxyl groups excluding tert-OH is 1. The zero-order chi connectivity index (χ0) is 14.8. The van der Waals surface area contributed by atoms with Gasteiger partial charge in [0, 0.05) is 12.0 Å². The van der Waals surface area contributed by atoms with Crippen LogP contribution >= 0.6 is 0 Å². The molecule has 2 nitrogen and oxygen atoms in total. The molecule has 0 saturated heterocycles. The van der Waals surface area contributed by atoms with Crippen LogP contribution in [-0.4, -0.2) is 11.7 Å². The Hall–Kier alpha value is -1.64. The highest BCUT2D eigenvalue weighted by molar-refractivity contribution is 5.36. The topological polar surface area (TPSA) is 46.2 Å². The second-order valence-corrected chi connectivity index (χ2v) is 6.03. The van der Waals surface area contributed by atoms with Crippen LogP contribution in [0.4, 0.5) is 0 Å². The van der Waals surface area contributed by atoms with E-state index in [0.717, 1.165) is 22.3 Å². The summed E-state index contributed by atoms with van der Waals surface area (Å²) in [5.41, 5.74) is 9.90. The Morgan fingerprint density at radius 2 is 1.65 bits per heavy atom. The van der Waals surface area contributed by atoms with Gasteiger partial charge in [-0.1, -0.05) is 67.9 Å². The normalized spacial score (nSPS) is 13.2. The van der Waals surface area contributed by atoms with Gasteiger partial charge in [0.25, 0.3) is 0 Å². The van der Waals surface area contributed by atoms with Crippen LogP contribution in [0.15, 0.2) is 48.5 Å². The summed E-state index contributed by atoms with van der Waals surface area (Å²) in [6.45, 7) is 6.84. The molecular weight excluding hydrogens is 246 g/mol. The molecule has 2 rings (SSSR count). The van der Waals surface area contributed by atoms with E-state index < -0.39 is 6.10 Å². The minimum absolute atomic E-state index is 0.0810. The van der Waals surface area contributed by atoms with Gasteiger partial charge in [-0.25, -0.2) is 0 Å². The van der Waals surface area contributed by atoms with Crippen LogP contribution in [0.25, 0.3) is 0 Å². The summed E-state index contributed by atoms with van der Waals surface area (Å²) >= 11 is 0. The van der Waals surface area contributed by atoms with Crippen LogP contribution in [0.1, 0.15) is 42.2 Å². The van der Waals surface area contributed by atoms with Gasteiger partial charge in [0.2, 0.25) is 0 Å². The summed E-state index contributed by atoms with van der Waals surface area (Å²) in [5.74, 6) is 0. The van der Waals surface area contributed by atoms with Crippen LogP contribution in [0, 0.1) is 6.92 Å². The smallest absolute Gasteiger partial charge is 0.104 e. The maximum atomic E-state index is 10.5. The SMILES string of the molecule is Cc1cccc(C(O)c2cccc(C(C)(C)CN)c2)c1. The predicted octanol–water partition coefficient (Wildman–Crippen LogP) is 3.31. The lowest BCUT2D eigenvalue weighted by molar-refractivity contribution is 0.220. The van der Waals surface area contributed by atoms with E-state index in [1.165, 1.54) is 0 Å². The molecule has 0 aromatic heterocycles. The lowest BCUT2D eigenvalue weighted by Crippen LogP contribution is -2.28. The first kappa shape index (κ1) is 14.8. The first-order valence-electron chi connectivity index (χ1n) is 6.99. The van der Waals surface area contributed by atoms with Crippen LogP contribution in [0.5, 0.6) is 0 Å². The number of hydrogen-bond acceptors (Lipinski definition) is 2. The van der Waals surface area contributed by atoms with Crippen molar-refractivity contribution in [1.29, 1.82) is 0 Å². The molecule has 0 fully saturated rings. The summed E-state index contributed by atoms with van der Waals surface area (Å²) in [5, 5.41) is 10.5. The molecule has 0 aliphatic carbocycles. The van der Waals surface area contributed by atoms with E-state index in [1.807, 2.05) is 43.3 Å². The van der Waals surface area contributed by atoms with Gasteiger partial charge in [0.1, 0.15) is 6.10 Å². The van der Waals surface area contributed by atoms with E-state index in [1.54, 1.807) is 0 Å². The molecule has 0 radical (unpaired) electrons. The van der Waals surface area contributed by atoms with Gasteiger partial charge in [-0.05, 0) is 23.6 Å². The fraction of sp³-hybridized carbons (Fsp3) is 0.333. The van der Waals surface area contributed by atoms with Gasteiger partial charge in [0.15, 0.2) is 0 Å². The van der Waals surface area contributed by atoms with Crippen molar-refractivity contribution < 1.29 is 5.11 Å². The van der Waals surface area contributed by atoms with E-state index in [0.29, 0.717) is 6.54 Å². The summed E-state index contributed by atoms with van der Waals surface area (Å²) in [6, 6.07) is 16.1. The summed E-state index contributed by atoms with van der Waals surface area (Å²) < 4.78 is 0. The molecule has 0 saturated carbocycles. The molecule has 2 aromatic carbocycles. The Morgan fingerprint density at radius 3 is 2.25 bits per heavy atom. The lowest BCUT2D eigenvalue weighted by atomic mass is 9.83. The number of rotatable bonds is 4. The second-order valence-electron chi connectivity index (χ2n) is 6.03. The Bertz CT molecular complexity index is 589. The molecule has 2 heteroatoms. The number of hydrogen-bond donors (Lipinski definition) is 2. The average Bonchev–Trinajstić information content (AvgIpc) is 2.46. The number of nitrogens with two attached hydrogens (primary N) is 1. The third kappa shape index (κ3) is 3.09. The highest BCUT2D eigenvalue weighted by Crippen LogP contribution is 2.28. The average molecular weight is 269 g/mol. The van der Waals surface area contributed by atoms with E-state index in [9.17, 15) is 5.11 Å². The third-order valence-electron chi connectivity index (χ3n) is 3.85. The molecule has 0 heterocycles. The zero-order valence-corrected chi connectivity index (χ0v) is 12.4. The maximum absolute atomic E-state index is 10.5. The maximum Gasteiger partial charge on any atom is 0.104 e. The molecule has 0 aliphatic heterocycles. The zero-order valence-electron chi connectivity index (χ0n) is 12.4. The van der Waals surface area contributed by atoms with Gasteiger partial charge >= 0.3 is 0 Å². The fourth-order valence-electron chi connectivity index (χ4n) is 2.28. The highest BCUT2D eigenvalue weighted by atomic mass is 16.3. The van der Waals surface area contributed by atoms with Crippen molar-refractivity contribution >= 4 is 0 Å². The van der Waals surface area contributed by atoms with Gasteiger partial charge < -0.3 is 10.8 Å². The van der Waals surface area contributed by atoms with Crippen LogP contribution < -0.4 is 5.73 Å². The molecule has 2 aromatic rings. The van der Waals surface area contributed by atoms with Crippen molar-refractivity contribution in [3.63, 3.8) is 0 Å². The van der Waals surface area contributed by atoms with Gasteiger partial charge in [0.05, 0.1) is 0 Å². The predicted molar refractivity (Wildman–Crippen MR) is 83.8 cm³/mol. The van der Waals surface area contributed by atoms with Gasteiger partial charge in [-0.3, -0.25) is 0 Å². The largest absolute Gasteiger partial charge is 0.384 e. The quantitative estimate of drug-likeness (QED) is 0.894. The van der Waals surface area contributed by atoms with Crippen molar-refractivity contribution in [2.24, 2.45) is 5.73 Å². The number of benzene rings is 2. The summed E-state index contributed by atoms with van der Waals surface area (Å²) in [7, 11) is 0. The van der Waals surface area contributed by atoms with E-state index >= 15 is 0 Å². The molecular formula is C18H23NO. The Kier molecular flexibility index (Phi) is 4.26. The molecule has 20 heavy (non-hydrogen) atoms. The molecule has 0 bridgehead atoms. The van der Waals surface area contributed by atoms with Crippen LogP contribution in [0.2, 0.25) is 0 Å². The third-order valence-corrected chi connectivity index (χ3v) is 3.85. The van der Waals surface area contributed by atoms with E-state index in [-0.39, 0.29) is 5.41 Å². The standard InChI is InChI=1S/C18H23NO/c1-13-6-4-7-14(10-13)17(20)15-8-5-9-16(11-15)18(2,3)12-19/h4-11,17,20H,12,19H2,1-3H3. The number of aryl methyl sites for hydroxylation is 1. The second kappa shape index (κ2) is 5.78. The van der Waals surface area contributed by atoms with Crippen LogP contribution in [-0.2, 0) is 5.41 Å². The molecule has 106 valence electrons. The molecule has 1 atom stereocenters. The number of aliphatic hydroxyl groups is 1. The Labute approximate surface area is 121 Å². The van der Waals surface area contributed by atoms with Crippen molar-refractivity contribution in [3.05, 3.63) is 70.8 Å². The first-order chi connectivity index (χ1) is 9.44. The van der Waals surface area contributed by atoms with Gasteiger partial charge in [-0.2, -0.15) is 0 Å². The molecule has 1 unspecified atom stereocenters. The summed E-state index contributed by atoms with van der Waals surface area (Å²) in [4.78, 5) is 0. The minimum Gasteiger partial charge on any atom is -0.384 e. The Morgan fingerprint density at radius 1 is 1.05 bits per heavy atom. The fourth-order valence-corrected chi connectivity index (χ4v) is 2.28. The molecule has 3 N–H and O–H groups in total. The first-order valence-corrected chi connectivity index (χ1v) is 6.99. The van der Waals surface area contributed by atoms with Crippen molar-refractivity contribution in [2.45, 2.75) is 32.3 Å². The molecule has 0 spiro atoms. The molecule has 0 aliphatic rings. The van der Waals surface area contributed by atoms with Crippen molar-refractivity contribution in [2.75, 3.05) is 6.54 Å². The van der Waals surface area contributed by atoms with E-state index in [4.69, 9.17) is 5.73 Å². The molecule has 0 amide bonds. The van der Waals surface area contributed by atoms with Gasteiger partial charge in [-0.15, -0.1) is 0 Å². The van der Waals surface area contributed by atoms with Crippen molar-refractivity contribution in [3.8, 4) is 0 Å². The lowest BCUT2D eigenvalue weighted by Gasteiger charge is -2.24. The Balaban J connectivity index is 2.36. The monoisotopic (exact) mass is 269 g/mol.